The van der Waals surface area contributed by atoms with Crippen molar-refractivity contribution in [1.82, 2.24) is 4.98 Å². The van der Waals surface area contributed by atoms with E-state index in [-0.39, 0.29) is 10.6 Å². The van der Waals surface area contributed by atoms with Crippen molar-refractivity contribution in [2.45, 2.75) is 0 Å². The molecule has 0 aliphatic carbocycles. The molecule has 0 radical (unpaired) electrons. The predicted molar refractivity (Wildman–Crippen MR) is 51.2 cm³/mol. The molecule has 14 heavy (non-hydrogen) atoms. The minimum absolute atomic E-state index is 0.0870. The highest BCUT2D eigenvalue weighted by Gasteiger charge is 2.10. The van der Waals surface area contributed by atoms with Crippen LogP contribution in [0.25, 0.3) is 11.3 Å². The topological polar surface area (TPSA) is 15.8 Å². The average Bonchev–Trinajstić information content (AvgIpc) is 2.64. The molecular formula is C10H6ClF2N. The van der Waals surface area contributed by atoms with Crippen LogP contribution in [0, 0.1) is 11.6 Å². The number of rotatable bonds is 1. The standard InChI is InChI=1S/C10H6ClF2N/c11-7-4-6(8(12)5-9(7)13)10-2-1-3-14-10/h1-5,14H. The van der Waals surface area contributed by atoms with E-state index in [1.807, 2.05) is 0 Å². The van der Waals surface area contributed by atoms with Crippen LogP contribution in [-0.4, -0.2) is 4.98 Å². The van der Waals surface area contributed by atoms with Gasteiger partial charge in [-0.05, 0) is 18.2 Å². The van der Waals surface area contributed by atoms with Gasteiger partial charge in [-0.1, -0.05) is 11.6 Å². The lowest BCUT2D eigenvalue weighted by atomic mass is 10.1. The van der Waals surface area contributed by atoms with Crippen LogP contribution < -0.4 is 0 Å². The second-order valence-corrected chi connectivity index (χ2v) is 3.24. The Labute approximate surface area is 84.3 Å². The fraction of sp³-hybridized carbons (Fsp3) is 0. The molecule has 0 atom stereocenters. The summed E-state index contributed by atoms with van der Waals surface area (Å²) in [5.41, 5.74) is 0.839. The molecule has 1 N–H and O–H groups in total. The number of nitrogens with one attached hydrogen (secondary N) is 1. The summed E-state index contributed by atoms with van der Waals surface area (Å²) < 4.78 is 26.1. The molecule has 1 nitrogen and oxygen atoms in total. The Balaban J connectivity index is 2.60. The maximum atomic E-state index is 13.3. The lowest BCUT2D eigenvalue weighted by Gasteiger charge is -2.02. The monoisotopic (exact) mass is 213 g/mol. The Bertz CT molecular complexity index is 451. The smallest absolute Gasteiger partial charge is 0.144 e. The lowest BCUT2D eigenvalue weighted by Crippen LogP contribution is -1.87. The van der Waals surface area contributed by atoms with Crippen LogP contribution in [0.2, 0.25) is 5.02 Å². The Hall–Kier alpha value is -1.35. The van der Waals surface area contributed by atoms with Gasteiger partial charge in [0, 0.05) is 23.5 Å². The fourth-order valence-corrected chi connectivity index (χ4v) is 1.39. The third-order valence-corrected chi connectivity index (χ3v) is 2.19. The molecule has 0 saturated heterocycles. The third-order valence-electron chi connectivity index (χ3n) is 1.90. The first-order valence-electron chi connectivity index (χ1n) is 3.97. The zero-order valence-corrected chi connectivity index (χ0v) is 7.78. The first-order valence-corrected chi connectivity index (χ1v) is 4.34. The van der Waals surface area contributed by atoms with Gasteiger partial charge < -0.3 is 4.98 Å². The van der Waals surface area contributed by atoms with E-state index in [1.54, 1.807) is 18.3 Å². The van der Waals surface area contributed by atoms with Gasteiger partial charge in [0.1, 0.15) is 11.6 Å². The number of hydrogen-bond acceptors (Lipinski definition) is 0. The van der Waals surface area contributed by atoms with E-state index in [0.717, 1.165) is 6.07 Å². The number of hydrogen-bond donors (Lipinski definition) is 1. The molecule has 0 aliphatic heterocycles. The average molecular weight is 214 g/mol. The first-order chi connectivity index (χ1) is 6.68. The molecular weight excluding hydrogens is 208 g/mol. The quantitative estimate of drug-likeness (QED) is 0.697. The number of aromatic amines is 1. The number of H-pyrrole nitrogens is 1. The molecule has 2 rings (SSSR count). The summed E-state index contributed by atoms with van der Waals surface area (Å²) in [4.78, 5) is 2.82. The van der Waals surface area contributed by atoms with Gasteiger partial charge in [0.25, 0.3) is 0 Å². The molecule has 0 unspecified atom stereocenters. The van der Waals surface area contributed by atoms with E-state index in [0.29, 0.717) is 5.69 Å². The van der Waals surface area contributed by atoms with Gasteiger partial charge in [-0.2, -0.15) is 0 Å². The molecule has 72 valence electrons. The van der Waals surface area contributed by atoms with Crippen LogP contribution in [-0.2, 0) is 0 Å². The van der Waals surface area contributed by atoms with Gasteiger partial charge in [0.05, 0.1) is 5.02 Å². The summed E-state index contributed by atoms with van der Waals surface area (Å²) in [5.74, 6) is -1.38. The Morgan fingerprint density at radius 3 is 2.57 bits per heavy atom. The molecule has 0 aliphatic rings. The zero-order chi connectivity index (χ0) is 10.1. The van der Waals surface area contributed by atoms with Crippen LogP contribution in [0.15, 0.2) is 30.5 Å². The largest absolute Gasteiger partial charge is 0.361 e. The Morgan fingerprint density at radius 1 is 1.14 bits per heavy atom. The second-order valence-electron chi connectivity index (χ2n) is 2.83. The molecule has 4 heteroatoms. The Kier molecular flexibility index (Phi) is 2.25. The highest BCUT2D eigenvalue weighted by atomic mass is 35.5. The van der Waals surface area contributed by atoms with Crippen molar-refractivity contribution in [3.63, 3.8) is 0 Å². The molecule has 0 fully saturated rings. The first kappa shape index (κ1) is 9.21. The normalized spacial score (nSPS) is 10.5. The maximum absolute atomic E-state index is 13.3. The van der Waals surface area contributed by atoms with Crippen molar-refractivity contribution in [3.8, 4) is 11.3 Å². The molecule has 1 heterocycles. The van der Waals surface area contributed by atoms with E-state index >= 15 is 0 Å². The maximum Gasteiger partial charge on any atom is 0.144 e. The van der Waals surface area contributed by atoms with Gasteiger partial charge in [-0.15, -0.1) is 0 Å². The second kappa shape index (κ2) is 3.42. The van der Waals surface area contributed by atoms with E-state index < -0.39 is 11.6 Å². The van der Waals surface area contributed by atoms with Gasteiger partial charge in [-0.3, -0.25) is 0 Å². The van der Waals surface area contributed by atoms with Crippen LogP contribution in [0.4, 0.5) is 8.78 Å². The van der Waals surface area contributed by atoms with Crippen LogP contribution in [0.5, 0.6) is 0 Å². The molecule has 1 aromatic carbocycles. The summed E-state index contributed by atoms with van der Waals surface area (Å²) in [5, 5.41) is -0.0870. The molecule has 0 saturated carbocycles. The van der Waals surface area contributed by atoms with Crippen molar-refractivity contribution < 1.29 is 8.78 Å². The van der Waals surface area contributed by atoms with Crippen LogP contribution in [0.1, 0.15) is 0 Å². The number of benzene rings is 1. The van der Waals surface area contributed by atoms with Crippen molar-refractivity contribution in [2.24, 2.45) is 0 Å². The van der Waals surface area contributed by atoms with Crippen molar-refractivity contribution in [1.29, 1.82) is 0 Å². The summed E-state index contributed by atoms with van der Waals surface area (Å²) >= 11 is 5.55. The zero-order valence-electron chi connectivity index (χ0n) is 7.02. The van der Waals surface area contributed by atoms with Gasteiger partial charge in [-0.25, -0.2) is 8.78 Å². The Morgan fingerprint density at radius 2 is 1.93 bits per heavy atom. The van der Waals surface area contributed by atoms with E-state index in [1.165, 1.54) is 6.07 Å². The fourth-order valence-electron chi connectivity index (χ4n) is 1.23. The predicted octanol–water partition coefficient (Wildman–Crippen LogP) is 3.61. The minimum Gasteiger partial charge on any atom is -0.361 e. The van der Waals surface area contributed by atoms with E-state index in [2.05, 4.69) is 4.98 Å². The van der Waals surface area contributed by atoms with Crippen LogP contribution in [0.3, 0.4) is 0 Å². The third kappa shape index (κ3) is 1.51. The molecule has 1 aromatic heterocycles. The van der Waals surface area contributed by atoms with E-state index in [4.69, 9.17) is 11.6 Å². The minimum atomic E-state index is -0.750. The summed E-state index contributed by atoms with van der Waals surface area (Å²) in [6.07, 6.45) is 1.66. The highest BCUT2D eigenvalue weighted by Crippen LogP contribution is 2.26. The van der Waals surface area contributed by atoms with Gasteiger partial charge in [0.15, 0.2) is 0 Å². The summed E-state index contributed by atoms with van der Waals surface area (Å²) in [6, 6.07) is 5.45. The highest BCUT2D eigenvalue weighted by molar-refractivity contribution is 6.31. The SMILES string of the molecule is Fc1cc(F)c(-c2ccc[nH]2)cc1Cl. The van der Waals surface area contributed by atoms with Crippen LogP contribution >= 0.6 is 11.6 Å². The van der Waals surface area contributed by atoms with Crippen molar-refractivity contribution >= 4 is 11.6 Å². The van der Waals surface area contributed by atoms with Gasteiger partial charge in [0.2, 0.25) is 0 Å². The lowest BCUT2D eigenvalue weighted by molar-refractivity contribution is 0.585. The summed E-state index contributed by atoms with van der Waals surface area (Å²) in [6.45, 7) is 0. The van der Waals surface area contributed by atoms with Crippen molar-refractivity contribution in [2.75, 3.05) is 0 Å². The molecule has 2 aromatic rings. The van der Waals surface area contributed by atoms with E-state index in [9.17, 15) is 8.78 Å². The van der Waals surface area contributed by atoms with Gasteiger partial charge >= 0.3 is 0 Å². The van der Waals surface area contributed by atoms with Crippen molar-refractivity contribution in [3.05, 3.63) is 47.1 Å². The summed E-state index contributed by atoms with van der Waals surface area (Å²) in [7, 11) is 0. The molecule has 0 bridgehead atoms. The molecule has 0 amide bonds. The number of halogens is 3. The molecule has 0 spiro atoms. The number of aromatic nitrogens is 1.